The van der Waals surface area contributed by atoms with Crippen molar-refractivity contribution in [2.24, 2.45) is 11.7 Å². The van der Waals surface area contributed by atoms with Gasteiger partial charge in [-0.1, -0.05) is 30.3 Å². The number of aldehydes is 1. The van der Waals surface area contributed by atoms with Crippen LogP contribution in [0.3, 0.4) is 0 Å². The largest absolute Gasteiger partial charge is 0.507 e. The molecule has 2 aromatic rings. The molecule has 0 saturated heterocycles. The fourth-order valence-corrected chi connectivity index (χ4v) is 1.41. The molecule has 0 atom stereocenters. The maximum absolute atomic E-state index is 10.7. The van der Waals surface area contributed by atoms with Crippen molar-refractivity contribution in [3.63, 3.8) is 0 Å². The number of carbonyl (C=O) groups excluding carboxylic acids is 1. The minimum Gasteiger partial charge on any atom is -0.507 e. The highest BCUT2D eigenvalue weighted by Gasteiger charge is 2.03. The smallest absolute Gasteiger partial charge is 0.154 e. The molecular formula is C11H12N2O2. The van der Waals surface area contributed by atoms with E-state index in [1.807, 2.05) is 24.3 Å². The molecule has 2 rings (SSSR count). The molecular weight excluding hydrogens is 192 g/mol. The highest BCUT2D eigenvalue weighted by atomic mass is 16.3. The van der Waals surface area contributed by atoms with Gasteiger partial charge in [0.1, 0.15) is 5.75 Å². The van der Waals surface area contributed by atoms with Gasteiger partial charge in [0.2, 0.25) is 0 Å². The Balaban J connectivity index is 0.000000531. The number of phenolic OH excluding ortho intramolecular Hbond substituents is 1. The first kappa shape index (κ1) is 11.2. The first-order valence-electron chi connectivity index (χ1n) is 4.32. The monoisotopic (exact) mass is 204 g/mol. The topological polar surface area (TPSA) is 89.3 Å². The quantitative estimate of drug-likeness (QED) is 0.369. The summed E-state index contributed by atoms with van der Waals surface area (Å²) >= 11 is 0. The van der Waals surface area contributed by atoms with Gasteiger partial charge in [-0.2, -0.15) is 0 Å². The van der Waals surface area contributed by atoms with Crippen LogP contribution in [0.5, 0.6) is 5.75 Å². The van der Waals surface area contributed by atoms with E-state index in [2.05, 4.69) is 11.7 Å². The van der Waals surface area contributed by atoms with Crippen LogP contribution in [0.15, 0.2) is 36.4 Å². The minimum absolute atomic E-state index is 0.0358. The number of hydrazine groups is 1. The van der Waals surface area contributed by atoms with E-state index in [0.717, 1.165) is 10.8 Å². The molecule has 0 aliphatic heterocycles. The summed E-state index contributed by atoms with van der Waals surface area (Å²) in [4.78, 5) is 10.7. The molecule has 0 unspecified atom stereocenters. The molecule has 0 aliphatic carbocycles. The Labute approximate surface area is 87.1 Å². The average molecular weight is 204 g/mol. The number of nitrogens with two attached hydrogens (primary N) is 2. The van der Waals surface area contributed by atoms with Crippen LogP contribution in [-0.2, 0) is 0 Å². The van der Waals surface area contributed by atoms with Gasteiger partial charge >= 0.3 is 0 Å². The summed E-state index contributed by atoms with van der Waals surface area (Å²) in [5.74, 6) is 8.04. The normalized spacial score (nSPS) is 9.20. The SMILES string of the molecule is NN.O=Cc1c(O)ccc2ccccc12. The van der Waals surface area contributed by atoms with Crippen LogP contribution >= 0.6 is 0 Å². The Kier molecular flexibility index (Phi) is 3.79. The molecule has 4 heteroatoms. The van der Waals surface area contributed by atoms with Crippen LogP contribution < -0.4 is 11.7 Å². The van der Waals surface area contributed by atoms with Gasteiger partial charge in [0.05, 0.1) is 5.56 Å². The summed E-state index contributed by atoms with van der Waals surface area (Å²) in [5.41, 5.74) is 0.359. The van der Waals surface area contributed by atoms with E-state index in [4.69, 9.17) is 0 Å². The number of phenols is 1. The zero-order valence-corrected chi connectivity index (χ0v) is 8.05. The Morgan fingerprint density at radius 2 is 1.73 bits per heavy atom. The van der Waals surface area contributed by atoms with Crippen LogP contribution in [0.25, 0.3) is 10.8 Å². The lowest BCUT2D eigenvalue weighted by atomic mass is 10.0. The van der Waals surface area contributed by atoms with Crippen LogP contribution in [-0.4, -0.2) is 11.4 Å². The van der Waals surface area contributed by atoms with Crippen molar-refractivity contribution in [2.75, 3.05) is 0 Å². The lowest BCUT2D eigenvalue weighted by Crippen LogP contribution is -2.02. The molecule has 0 spiro atoms. The lowest BCUT2D eigenvalue weighted by Gasteiger charge is -2.01. The summed E-state index contributed by atoms with van der Waals surface area (Å²) < 4.78 is 0. The van der Waals surface area contributed by atoms with E-state index in [-0.39, 0.29) is 5.75 Å². The van der Waals surface area contributed by atoms with Gasteiger partial charge in [-0.05, 0) is 16.8 Å². The number of hydrogen-bond donors (Lipinski definition) is 3. The molecule has 0 aromatic heterocycles. The summed E-state index contributed by atoms with van der Waals surface area (Å²) in [5, 5.41) is 11.1. The molecule has 78 valence electrons. The zero-order chi connectivity index (χ0) is 11.3. The van der Waals surface area contributed by atoms with Crippen molar-refractivity contribution in [3.8, 4) is 5.75 Å². The third kappa shape index (κ3) is 2.12. The maximum atomic E-state index is 10.7. The van der Waals surface area contributed by atoms with Gasteiger partial charge in [0.15, 0.2) is 6.29 Å². The Hall–Kier alpha value is -1.91. The van der Waals surface area contributed by atoms with E-state index in [1.165, 1.54) is 6.07 Å². The van der Waals surface area contributed by atoms with Crippen molar-refractivity contribution in [2.45, 2.75) is 0 Å². The number of carbonyl (C=O) groups is 1. The highest BCUT2D eigenvalue weighted by Crippen LogP contribution is 2.24. The van der Waals surface area contributed by atoms with Gasteiger partial charge in [-0.3, -0.25) is 16.5 Å². The molecule has 0 saturated carbocycles. The molecule has 2 aromatic carbocycles. The van der Waals surface area contributed by atoms with E-state index in [1.54, 1.807) is 6.07 Å². The Bertz CT molecular complexity index is 469. The predicted molar refractivity (Wildman–Crippen MR) is 59.4 cm³/mol. The van der Waals surface area contributed by atoms with Crippen LogP contribution in [0, 0.1) is 0 Å². The van der Waals surface area contributed by atoms with Crippen molar-refractivity contribution < 1.29 is 9.90 Å². The minimum atomic E-state index is 0.0358. The van der Waals surface area contributed by atoms with Crippen molar-refractivity contribution >= 4 is 17.1 Å². The highest BCUT2D eigenvalue weighted by molar-refractivity contribution is 6.00. The number of aromatic hydroxyl groups is 1. The van der Waals surface area contributed by atoms with Gasteiger partial charge < -0.3 is 5.11 Å². The van der Waals surface area contributed by atoms with E-state index in [9.17, 15) is 9.90 Å². The Morgan fingerprint density at radius 1 is 1.07 bits per heavy atom. The number of benzene rings is 2. The summed E-state index contributed by atoms with van der Waals surface area (Å²) in [6.07, 6.45) is 0.678. The number of rotatable bonds is 1. The second kappa shape index (κ2) is 5.09. The first-order valence-corrected chi connectivity index (χ1v) is 4.32. The predicted octanol–water partition coefficient (Wildman–Crippen LogP) is 1.18. The molecule has 5 N–H and O–H groups in total. The zero-order valence-electron chi connectivity index (χ0n) is 8.05. The third-order valence-electron chi connectivity index (χ3n) is 2.07. The standard InChI is InChI=1S/C11H8O2.H4N2/c12-7-10-9-4-2-1-3-8(9)5-6-11(10)13;1-2/h1-7,13H;1-2H2. The molecule has 0 amide bonds. The van der Waals surface area contributed by atoms with Crippen LogP contribution in [0.2, 0.25) is 0 Å². The van der Waals surface area contributed by atoms with Gasteiger partial charge in [0, 0.05) is 0 Å². The van der Waals surface area contributed by atoms with E-state index >= 15 is 0 Å². The molecule has 0 radical (unpaired) electrons. The van der Waals surface area contributed by atoms with Crippen molar-refractivity contribution in [3.05, 3.63) is 42.0 Å². The van der Waals surface area contributed by atoms with Gasteiger partial charge in [0.25, 0.3) is 0 Å². The molecule has 0 heterocycles. The van der Waals surface area contributed by atoms with Gasteiger partial charge in [-0.15, -0.1) is 0 Å². The molecule has 0 bridgehead atoms. The fraction of sp³-hybridized carbons (Fsp3) is 0. The lowest BCUT2D eigenvalue weighted by molar-refractivity contribution is 0.112. The second-order valence-corrected chi connectivity index (χ2v) is 2.84. The molecule has 15 heavy (non-hydrogen) atoms. The van der Waals surface area contributed by atoms with Crippen LogP contribution in [0.1, 0.15) is 10.4 Å². The summed E-state index contributed by atoms with van der Waals surface area (Å²) in [6, 6.07) is 10.8. The first-order chi connectivity index (χ1) is 7.33. The number of hydrogen-bond acceptors (Lipinski definition) is 4. The van der Waals surface area contributed by atoms with Crippen molar-refractivity contribution in [1.82, 2.24) is 0 Å². The van der Waals surface area contributed by atoms with Crippen LogP contribution in [0.4, 0.5) is 0 Å². The van der Waals surface area contributed by atoms with E-state index < -0.39 is 0 Å². The average Bonchev–Trinajstić information content (AvgIpc) is 2.32. The van der Waals surface area contributed by atoms with E-state index in [0.29, 0.717) is 11.8 Å². The fourth-order valence-electron chi connectivity index (χ4n) is 1.41. The molecule has 4 nitrogen and oxygen atoms in total. The Morgan fingerprint density at radius 3 is 2.40 bits per heavy atom. The van der Waals surface area contributed by atoms with Gasteiger partial charge in [-0.25, -0.2) is 0 Å². The summed E-state index contributed by atoms with van der Waals surface area (Å²) in [7, 11) is 0. The summed E-state index contributed by atoms with van der Waals surface area (Å²) in [6.45, 7) is 0. The second-order valence-electron chi connectivity index (χ2n) is 2.84. The maximum Gasteiger partial charge on any atom is 0.154 e. The molecule has 0 aliphatic rings. The molecule has 0 fully saturated rings. The third-order valence-corrected chi connectivity index (χ3v) is 2.07. The number of fused-ring (bicyclic) bond motifs is 1. The van der Waals surface area contributed by atoms with Crippen molar-refractivity contribution in [1.29, 1.82) is 0 Å².